The second-order valence-electron chi connectivity index (χ2n) is 15.5. The molecule has 4 saturated heterocycles. The van der Waals surface area contributed by atoms with Crippen LogP contribution in [0.3, 0.4) is 0 Å². The van der Waals surface area contributed by atoms with Crippen molar-refractivity contribution in [2.75, 3.05) is 82.8 Å². The molecule has 0 saturated carbocycles. The molecule has 4 fully saturated rings. The van der Waals surface area contributed by atoms with Crippen molar-refractivity contribution in [1.82, 2.24) is 29.7 Å². The van der Waals surface area contributed by atoms with Gasteiger partial charge in [-0.1, -0.05) is 13.0 Å². The third-order valence-electron chi connectivity index (χ3n) is 11.9. The maximum absolute atomic E-state index is 14.6. The van der Waals surface area contributed by atoms with Crippen molar-refractivity contribution in [1.29, 1.82) is 5.26 Å². The monoisotopic (exact) mass is 755 g/mol. The Labute approximate surface area is 313 Å². The second-order valence-corrected chi connectivity index (χ2v) is 15.5. The molecule has 0 bridgehead atoms. The molecular formula is C38H49F4N9O3. The number of anilines is 2. The van der Waals surface area contributed by atoms with Crippen molar-refractivity contribution in [3.63, 3.8) is 0 Å². The van der Waals surface area contributed by atoms with E-state index in [1.54, 1.807) is 11.0 Å². The van der Waals surface area contributed by atoms with E-state index in [4.69, 9.17) is 25.2 Å². The number of morpholine rings is 1. The average molecular weight is 756 g/mol. The Hall–Kier alpha value is -4.07. The maximum Gasteiger partial charge on any atom is 0.418 e. The number of halogens is 4. The van der Waals surface area contributed by atoms with Gasteiger partial charge < -0.3 is 25.0 Å². The van der Waals surface area contributed by atoms with Crippen LogP contribution < -0.4 is 15.4 Å². The Bertz CT molecular complexity index is 1780. The summed E-state index contributed by atoms with van der Waals surface area (Å²) < 4.78 is 69.8. The van der Waals surface area contributed by atoms with E-state index >= 15 is 0 Å². The highest BCUT2D eigenvalue weighted by molar-refractivity contribution is 5.88. The van der Waals surface area contributed by atoms with E-state index in [0.29, 0.717) is 70.3 Å². The van der Waals surface area contributed by atoms with Crippen LogP contribution in [0.4, 0.5) is 29.2 Å². The number of nitrogens with two attached hydrogens (primary N) is 1. The van der Waals surface area contributed by atoms with Crippen LogP contribution in [0.15, 0.2) is 18.2 Å². The number of nitrogens with zero attached hydrogens (tertiary/aromatic N) is 8. The molecule has 12 nitrogen and oxygen atoms in total. The molecule has 5 aliphatic rings. The first-order chi connectivity index (χ1) is 25.8. The molecule has 1 aliphatic carbocycles. The van der Waals surface area contributed by atoms with Gasteiger partial charge in [0.25, 0.3) is 0 Å². The SMILES string of the molecule is Cc1cc(N)nc([C@@H]2Cc3nc(OC[C@@]45CCCN4C[C@H](F)C5)nc(N4CCN(C(=O)/C=C/CN5CCOCC5)[C@@H](CC#N)C4)c3C[C@H]2C)c1C(F)(F)F. The predicted molar refractivity (Wildman–Crippen MR) is 193 cm³/mol. The summed E-state index contributed by atoms with van der Waals surface area (Å²) in [4.78, 5) is 35.6. The molecule has 0 aromatic carbocycles. The van der Waals surface area contributed by atoms with Crippen molar-refractivity contribution in [3.05, 3.63) is 46.3 Å². The molecule has 0 radical (unpaired) electrons. The van der Waals surface area contributed by atoms with Gasteiger partial charge in [-0.05, 0) is 56.7 Å². The topological polar surface area (TPSA) is 137 Å². The molecule has 5 atom stereocenters. The number of aromatic nitrogens is 3. The number of nitrogen functional groups attached to an aromatic ring is 1. The lowest BCUT2D eigenvalue weighted by Crippen LogP contribution is -2.55. The average Bonchev–Trinajstić information content (AvgIpc) is 3.65. The Balaban J connectivity index is 1.19. The lowest BCUT2D eigenvalue weighted by atomic mass is 9.75. The molecule has 292 valence electrons. The van der Waals surface area contributed by atoms with E-state index < -0.39 is 35.4 Å². The van der Waals surface area contributed by atoms with Crippen molar-refractivity contribution in [2.45, 2.75) is 82.2 Å². The minimum absolute atomic E-state index is 0.0189. The van der Waals surface area contributed by atoms with Crippen molar-refractivity contribution in [3.8, 4) is 12.1 Å². The van der Waals surface area contributed by atoms with Gasteiger partial charge in [-0.15, -0.1) is 0 Å². The van der Waals surface area contributed by atoms with Crippen molar-refractivity contribution in [2.24, 2.45) is 5.92 Å². The number of rotatable bonds is 9. The minimum Gasteiger partial charge on any atom is -0.461 e. The first-order valence-electron chi connectivity index (χ1n) is 19.0. The van der Waals surface area contributed by atoms with Crippen LogP contribution in [-0.2, 0) is 28.5 Å². The normalized spacial score (nSPS) is 27.9. The van der Waals surface area contributed by atoms with Gasteiger partial charge in [-0.2, -0.15) is 28.4 Å². The molecule has 2 N–H and O–H groups in total. The number of ether oxygens (including phenoxy) is 2. The van der Waals surface area contributed by atoms with Gasteiger partial charge in [0, 0.05) is 69.8 Å². The fraction of sp³-hybridized carbons (Fsp3) is 0.658. The first kappa shape index (κ1) is 38.2. The molecule has 54 heavy (non-hydrogen) atoms. The fourth-order valence-corrected chi connectivity index (χ4v) is 9.25. The number of carbonyl (C=O) groups excluding carboxylic acids is 1. The van der Waals surface area contributed by atoms with E-state index in [9.17, 15) is 27.6 Å². The fourth-order valence-electron chi connectivity index (χ4n) is 9.25. The third kappa shape index (κ3) is 7.85. The van der Waals surface area contributed by atoms with Gasteiger partial charge in [0.05, 0.1) is 54.2 Å². The zero-order valence-corrected chi connectivity index (χ0v) is 31.0. The van der Waals surface area contributed by atoms with Gasteiger partial charge in [-0.3, -0.25) is 14.6 Å². The molecule has 1 amide bonds. The van der Waals surface area contributed by atoms with Crippen LogP contribution in [-0.4, -0.2) is 125 Å². The number of fused-ring (bicyclic) bond motifs is 2. The van der Waals surface area contributed by atoms with E-state index in [1.165, 1.54) is 13.0 Å². The van der Waals surface area contributed by atoms with Gasteiger partial charge in [0.2, 0.25) is 5.91 Å². The largest absolute Gasteiger partial charge is 0.461 e. The number of hydrogen-bond donors (Lipinski definition) is 1. The standard InChI is InChI=1S/C38H49F4N9O3/c1-24-17-29-30(19-28(24)34-33(38(40,41)42)25(2)18-31(44)46-34)45-36(54-23-37-7-4-10-50(37)21-26(39)20-37)47-35(29)49-11-12-51(27(22-49)6-8-43)32(52)5-3-9-48-13-15-53-16-14-48/h3,5,18,24,26-28H,4,6-7,9-17,19-23H2,1-2H3,(H2,44,46)/b5-3+/t24-,26-,27+,28-,37+/m1/s1. The van der Waals surface area contributed by atoms with Crippen LogP contribution >= 0.6 is 0 Å². The summed E-state index contributed by atoms with van der Waals surface area (Å²) in [6, 6.07) is 3.14. The number of amides is 1. The molecule has 7 rings (SSSR count). The number of pyridine rings is 1. The number of carbonyl (C=O) groups is 1. The summed E-state index contributed by atoms with van der Waals surface area (Å²) in [5, 5.41) is 9.80. The summed E-state index contributed by atoms with van der Waals surface area (Å²) >= 11 is 0. The summed E-state index contributed by atoms with van der Waals surface area (Å²) in [7, 11) is 0. The molecule has 6 heterocycles. The zero-order valence-electron chi connectivity index (χ0n) is 31.0. The molecule has 2 aromatic rings. The number of nitriles is 1. The summed E-state index contributed by atoms with van der Waals surface area (Å²) in [6.07, 6.45) is 0.576. The maximum atomic E-state index is 14.6. The Morgan fingerprint density at radius 1 is 1.15 bits per heavy atom. The Morgan fingerprint density at radius 2 is 1.94 bits per heavy atom. The molecule has 2 aromatic heterocycles. The number of piperazine rings is 1. The zero-order chi connectivity index (χ0) is 38.2. The first-order valence-corrected chi connectivity index (χ1v) is 19.0. The summed E-state index contributed by atoms with van der Waals surface area (Å²) in [5.41, 5.74) is 6.07. The molecule has 4 aliphatic heterocycles. The summed E-state index contributed by atoms with van der Waals surface area (Å²) in [6.45, 7) is 9.30. The number of aryl methyl sites for hydroxylation is 1. The Morgan fingerprint density at radius 3 is 2.70 bits per heavy atom. The van der Waals surface area contributed by atoms with Crippen molar-refractivity contribution >= 4 is 17.5 Å². The molecular weight excluding hydrogens is 706 g/mol. The van der Waals surface area contributed by atoms with Crippen molar-refractivity contribution < 1.29 is 31.8 Å². The van der Waals surface area contributed by atoms with Crippen LogP contribution in [0.1, 0.15) is 66.6 Å². The third-order valence-corrected chi connectivity index (χ3v) is 11.9. The van der Waals surface area contributed by atoms with Gasteiger partial charge in [0.1, 0.15) is 24.4 Å². The minimum atomic E-state index is -4.63. The lowest BCUT2D eigenvalue weighted by molar-refractivity contribution is -0.139. The smallest absolute Gasteiger partial charge is 0.418 e. The molecule has 16 heteroatoms. The Kier molecular flexibility index (Phi) is 11.0. The molecule has 0 unspecified atom stereocenters. The predicted octanol–water partition coefficient (Wildman–Crippen LogP) is 4.07. The van der Waals surface area contributed by atoms with E-state index in [1.807, 2.05) is 17.9 Å². The highest BCUT2D eigenvalue weighted by atomic mass is 19.4. The van der Waals surface area contributed by atoms with E-state index in [2.05, 4.69) is 20.9 Å². The van der Waals surface area contributed by atoms with Crippen LogP contribution in [0.5, 0.6) is 6.01 Å². The second kappa shape index (κ2) is 15.6. The highest BCUT2D eigenvalue weighted by Crippen LogP contribution is 2.46. The summed E-state index contributed by atoms with van der Waals surface area (Å²) in [5.74, 6) is -0.469. The van der Waals surface area contributed by atoms with Gasteiger partial charge >= 0.3 is 12.2 Å². The highest BCUT2D eigenvalue weighted by Gasteiger charge is 2.50. The van der Waals surface area contributed by atoms with Gasteiger partial charge in [-0.25, -0.2) is 9.37 Å². The van der Waals surface area contributed by atoms with E-state index in [-0.39, 0.29) is 54.4 Å². The van der Waals surface area contributed by atoms with E-state index in [0.717, 1.165) is 38.0 Å². The number of alkyl halides is 4. The molecule has 0 spiro atoms. The van der Waals surface area contributed by atoms with Crippen LogP contribution in [0.2, 0.25) is 0 Å². The van der Waals surface area contributed by atoms with Crippen LogP contribution in [0, 0.1) is 24.2 Å². The van der Waals surface area contributed by atoms with Gasteiger partial charge in [0.15, 0.2) is 0 Å². The number of hydrogen-bond acceptors (Lipinski definition) is 11. The van der Waals surface area contributed by atoms with Crippen LogP contribution in [0.25, 0.3) is 0 Å². The quantitative estimate of drug-likeness (QED) is 0.293. The lowest BCUT2D eigenvalue weighted by Gasteiger charge is -2.42.